The number of hydrogen-bond acceptors (Lipinski definition) is 32. The Hall–Kier alpha value is -1.84. The summed E-state index contributed by atoms with van der Waals surface area (Å²) in [5, 5.41) is 180. The van der Waals surface area contributed by atoms with Crippen LogP contribution in [0.5, 0.6) is 0 Å². The van der Waals surface area contributed by atoms with E-state index in [2.05, 4.69) is 19.9 Å². The zero-order valence-corrected chi connectivity index (χ0v) is 57.4. The van der Waals surface area contributed by atoms with E-state index in [4.69, 9.17) is 61.0 Å². The lowest BCUT2D eigenvalue weighted by atomic mass is 9.47. The highest BCUT2D eigenvalue weighted by atomic mass is 32.3. The Morgan fingerprint density at radius 3 is 1.56 bits per heavy atom. The molecule has 566 valence electrons. The number of allylic oxidation sites excluding steroid dienone is 2. The van der Waals surface area contributed by atoms with Crippen LogP contribution < -0.4 is 0 Å². The van der Waals surface area contributed by atoms with Crippen molar-refractivity contribution >= 4 is 16.2 Å². The summed E-state index contributed by atoms with van der Waals surface area (Å²) >= 11 is 0. The first-order valence-corrected chi connectivity index (χ1v) is 35.7. The molecule has 9 fully saturated rings. The summed E-state index contributed by atoms with van der Waals surface area (Å²) in [6, 6.07) is 0. The monoisotopic (exact) mass is 1430 g/mol. The fraction of sp³-hybridized carbons (Fsp3) is 0.953. The van der Waals surface area contributed by atoms with Crippen LogP contribution >= 0.6 is 0 Å². The summed E-state index contributed by atoms with van der Waals surface area (Å²) in [5.41, 5.74) is -1.43. The molecule has 33 nitrogen and oxygen atoms in total. The average molecular weight is 1440 g/mol. The van der Waals surface area contributed by atoms with Gasteiger partial charge in [0.1, 0.15) is 128 Å². The fourth-order valence-electron chi connectivity index (χ4n) is 17.5. The first-order chi connectivity index (χ1) is 45.8. The van der Waals surface area contributed by atoms with Crippen molar-refractivity contribution in [1.29, 1.82) is 0 Å². The van der Waals surface area contributed by atoms with E-state index in [1.807, 2.05) is 20.8 Å². The highest BCUT2D eigenvalue weighted by Gasteiger charge is 2.65. The molecular weight excluding hydrogens is 1330 g/mol. The van der Waals surface area contributed by atoms with Crippen molar-refractivity contribution in [2.45, 2.75) is 323 Å². The topological polar surface area (TPSA) is 515 Å². The van der Waals surface area contributed by atoms with Gasteiger partial charge in [-0.2, -0.15) is 8.42 Å². The Balaban J connectivity index is 0.939. The second kappa shape index (κ2) is 30.6. The normalized spacial score (nSPS) is 51.9. The summed E-state index contributed by atoms with van der Waals surface area (Å²) in [6.45, 7) is 15.3. The molecule has 6 aliphatic heterocycles. The van der Waals surface area contributed by atoms with Crippen LogP contribution in [0.4, 0.5) is 0 Å². The minimum Gasteiger partial charge on any atom is -0.394 e. The zero-order chi connectivity index (χ0) is 72.1. The molecule has 0 bridgehead atoms. The minimum absolute atomic E-state index is 0.0254. The predicted octanol–water partition coefficient (Wildman–Crippen LogP) is -4.22. The van der Waals surface area contributed by atoms with Gasteiger partial charge in [-0.15, -0.1) is 0 Å². The third-order valence-electron chi connectivity index (χ3n) is 23.6. The molecule has 3 saturated carbocycles. The third-order valence-corrected chi connectivity index (χ3v) is 24.1. The van der Waals surface area contributed by atoms with Gasteiger partial charge in [0.15, 0.2) is 37.7 Å². The quantitative estimate of drug-likeness (QED) is 0.0383. The number of Topliss-reactive ketones (excluding diaryl/α,β-unsaturated/α-hetero) is 1. The van der Waals surface area contributed by atoms with Crippen LogP contribution in [-0.2, 0) is 76.2 Å². The van der Waals surface area contributed by atoms with Crippen molar-refractivity contribution in [3.05, 3.63) is 11.6 Å². The molecule has 10 aliphatic rings. The second-order valence-corrected chi connectivity index (χ2v) is 31.3. The van der Waals surface area contributed by atoms with E-state index in [0.717, 1.165) is 5.57 Å². The molecule has 0 aromatic carbocycles. The van der Waals surface area contributed by atoms with Gasteiger partial charge >= 0.3 is 10.4 Å². The molecular formula is C64H106O33S. The lowest BCUT2D eigenvalue weighted by Crippen LogP contribution is -2.69. The maximum Gasteiger partial charge on any atom is 0.397 e. The van der Waals surface area contributed by atoms with E-state index in [-0.39, 0.29) is 61.1 Å². The van der Waals surface area contributed by atoms with Crippen LogP contribution in [0, 0.1) is 46.3 Å². The van der Waals surface area contributed by atoms with Crippen LogP contribution in [0.1, 0.15) is 121 Å². The van der Waals surface area contributed by atoms with Gasteiger partial charge < -0.3 is 139 Å². The van der Waals surface area contributed by atoms with Gasteiger partial charge in [-0.05, 0) is 120 Å². The van der Waals surface area contributed by atoms with Crippen molar-refractivity contribution < 1.29 is 160 Å². The number of hydrogen-bond donors (Lipinski definition) is 17. The van der Waals surface area contributed by atoms with Gasteiger partial charge in [-0.3, -0.25) is 9.35 Å². The Labute approximate surface area is 568 Å². The van der Waals surface area contributed by atoms with Gasteiger partial charge in [-0.1, -0.05) is 46.3 Å². The summed E-state index contributed by atoms with van der Waals surface area (Å²) in [7, 11) is -4.93. The highest BCUT2D eigenvalue weighted by molar-refractivity contribution is 7.80. The fourth-order valence-corrected chi connectivity index (χ4v) is 18.0. The van der Waals surface area contributed by atoms with E-state index >= 15 is 0 Å². The molecule has 34 heteroatoms. The van der Waals surface area contributed by atoms with Crippen molar-refractivity contribution in [3.8, 4) is 0 Å². The summed E-state index contributed by atoms with van der Waals surface area (Å²) in [5.74, 6) is -1.31. The molecule has 0 spiro atoms. The average Bonchev–Trinajstić information content (AvgIpc) is 1.39. The van der Waals surface area contributed by atoms with Crippen molar-refractivity contribution in [3.63, 3.8) is 0 Å². The molecule has 10 rings (SSSR count). The van der Waals surface area contributed by atoms with Crippen LogP contribution in [0.3, 0.4) is 0 Å². The largest absolute Gasteiger partial charge is 0.397 e. The van der Waals surface area contributed by atoms with E-state index < -0.39 is 242 Å². The molecule has 0 radical (unpaired) electrons. The molecule has 6 heterocycles. The third kappa shape index (κ3) is 15.3. The lowest BCUT2D eigenvalue weighted by molar-refractivity contribution is -0.413. The van der Waals surface area contributed by atoms with Gasteiger partial charge in [0.05, 0.1) is 55.4 Å². The van der Waals surface area contributed by atoms with Gasteiger partial charge in [-0.25, -0.2) is 4.18 Å². The van der Waals surface area contributed by atoms with Crippen LogP contribution in [0.2, 0.25) is 0 Å². The number of aliphatic hydroxyl groups is 16. The summed E-state index contributed by atoms with van der Waals surface area (Å²) in [4.78, 5) is 13.6. The van der Waals surface area contributed by atoms with Gasteiger partial charge in [0, 0.05) is 12.3 Å². The Morgan fingerprint density at radius 2 is 1.01 bits per heavy atom. The number of aliphatic hydroxyl groups excluding tert-OH is 15. The van der Waals surface area contributed by atoms with E-state index in [0.29, 0.717) is 25.7 Å². The molecule has 0 aromatic heterocycles. The molecule has 40 unspecified atom stereocenters. The number of carbonyl (C=O) groups excluding carboxylic acids is 1. The number of carbonyl (C=O) groups is 1. The lowest BCUT2D eigenvalue weighted by Gasteiger charge is -2.60. The molecule has 0 aromatic rings. The minimum atomic E-state index is -4.93. The van der Waals surface area contributed by atoms with Crippen molar-refractivity contribution in [2.24, 2.45) is 46.3 Å². The van der Waals surface area contributed by atoms with E-state index in [1.54, 1.807) is 6.92 Å². The van der Waals surface area contributed by atoms with Crippen LogP contribution in [0.15, 0.2) is 11.6 Å². The number of ether oxygens (including phenoxy) is 12. The zero-order valence-electron chi connectivity index (χ0n) is 56.6. The predicted molar refractivity (Wildman–Crippen MR) is 327 cm³/mol. The number of rotatable bonds is 21. The molecule has 0 amide bonds. The van der Waals surface area contributed by atoms with Crippen molar-refractivity contribution in [1.82, 2.24) is 0 Å². The van der Waals surface area contributed by atoms with E-state index in [9.17, 15) is 99.5 Å². The maximum absolute atomic E-state index is 13.6. The van der Waals surface area contributed by atoms with Gasteiger partial charge in [0.2, 0.25) is 0 Å². The Kier molecular flexibility index (Phi) is 24.6. The summed E-state index contributed by atoms with van der Waals surface area (Å²) < 4.78 is 114. The number of ketones is 1. The van der Waals surface area contributed by atoms with Crippen LogP contribution in [0.25, 0.3) is 0 Å². The van der Waals surface area contributed by atoms with Crippen LogP contribution in [-0.4, -0.2) is 316 Å². The molecule has 4 aliphatic carbocycles. The first kappa shape index (κ1) is 78.7. The Bertz CT molecular complexity index is 2820. The smallest absolute Gasteiger partial charge is 0.394 e. The van der Waals surface area contributed by atoms with Gasteiger partial charge in [0.25, 0.3) is 0 Å². The first-order valence-electron chi connectivity index (χ1n) is 34.3. The second-order valence-electron chi connectivity index (χ2n) is 30.3. The maximum atomic E-state index is 13.6. The number of fused-ring (bicyclic) bond motifs is 5. The highest BCUT2D eigenvalue weighted by Crippen LogP contribution is 2.68. The standard InChI is InChI=1S/C64H106O33S/c1-22(2)23(3)33(67)19-64(10,81)37-12-11-30-29-18-34(32-17-28(97-98(82,83)84)13-15-62(32,8)31(29)14-16-63(30,37)9)89-59-50(80)53(40(70)26(6)87-59)94-60-54(95-56-45(75)42(72)38(68)24(4)85-56)48(78)51(27(7)88-60)92-61-55(96-57-46(76)43(73)39(69)25(5)86-57)49(79)52(36(21-66)91-61)93-58-47(77)44(74)41(71)35(20-65)90-58/h14,22-30,32,34-61,65-66,68-81H,11-13,15-21H2,1-10H3,(H,82,83,84). The van der Waals surface area contributed by atoms with Crippen molar-refractivity contribution in [2.75, 3.05) is 13.2 Å². The molecule has 98 heavy (non-hydrogen) atoms. The molecule has 17 N–H and O–H groups in total. The SMILES string of the molecule is CC(C)C(C)C(=O)CC(C)(O)C1CCC2C3CC(OC4OC(C)C(O)C(OC5OC(C)C(OC6OC(CO)C(OC7OC(CO)C(O)C(O)C7O)C(O)C6OC6OC(C)C(O)C(O)C6O)C(O)C5OC5OC(C)C(O)C(O)C5O)C4O)C4CC(OS(=O)(=O)O)CCC4(C)C3=CCC21C. The summed E-state index contributed by atoms with van der Waals surface area (Å²) in [6.07, 6.45) is -51.2. The Morgan fingerprint density at radius 1 is 0.541 bits per heavy atom. The molecule has 40 atom stereocenters. The van der Waals surface area contributed by atoms with E-state index in [1.165, 1.54) is 27.7 Å². The molecule has 6 saturated heterocycles.